The second-order valence-corrected chi connectivity index (χ2v) is 5.88. The molecule has 0 spiro atoms. The Morgan fingerprint density at radius 2 is 1.53 bits per heavy atom. The lowest BCUT2D eigenvalue weighted by molar-refractivity contribution is 0.0995. The van der Waals surface area contributed by atoms with Crippen LogP contribution in [0.3, 0.4) is 0 Å². The number of aliphatic hydroxyl groups is 1. The first-order chi connectivity index (χ1) is 14.7. The topological polar surface area (TPSA) is 93.5 Å². The van der Waals surface area contributed by atoms with E-state index in [2.05, 4.69) is 9.97 Å². The van der Waals surface area contributed by atoms with Gasteiger partial charge in [0.1, 0.15) is 5.69 Å². The van der Waals surface area contributed by atoms with Gasteiger partial charge in [0.05, 0.1) is 18.0 Å². The lowest BCUT2D eigenvalue weighted by Crippen LogP contribution is -2.13. The van der Waals surface area contributed by atoms with Crippen LogP contribution in [0.25, 0.3) is 28.3 Å². The third-order valence-corrected chi connectivity index (χ3v) is 4.20. The molecule has 2 aromatic carbocycles. The number of aliphatic hydroxyl groups excluding tert-OH is 1. The summed E-state index contributed by atoms with van der Waals surface area (Å²) >= 11 is 0. The number of hydrogen-bond acceptors (Lipinski definition) is 4. The fourth-order valence-corrected chi connectivity index (χ4v) is 2.91. The van der Waals surface area contributed by atoms with Crippen molar-refractivity contribution in [1.29, 1.82) is 0 Å². The molecule has 0 aliphatic rings. The summed E-state index contributed by atoms with van der Waals surface area (Å²) in [7, 11) is 0. The van der Waals surface area contributed by atoms with Gasteiger partial charge in [-0.3, -0.25) is 9.20 Å². The molecule has 0 saturated carbocycles. The van der Waals surface area contributed by atoms with E-state index in [0.717, 1.165) is 28.1 Å². The third-order valence-electron chi connectivity index (χ3n) is 4.20. The Hall–Kier alpha value is -3.51. The van der Waals surface area contributed by atoms with E-state index in [4.69, 9.17) is 5.73 Å². The molecule has 30 heavy (non-hydrogen) atoms. The first kappa shape index (κ1) is 22.8. The fraction of sp³-hybridized carbons (Fsp3) is 0.208. The summed E-state index contributed by atoms with van der Waals surface area (Å²) in [5.41, 5.74) is 9.84. The first-order valence-electron chi connectivity index (χ1n) is 10.1. The van der Waals surface area contributed by atoms with Crippen molar-refractivity contribution in [3.63, 3.8) is 0 Å². The van der Waals surface area contributed by atoms with Gasteiger partial charge in [0.25, 0.3) is 5.91 Å². The van der Waals surface area contributed by atoms with E-state index < -0.39 is 5.91 Å². The molecule has 4 aromatic rings. The minimum Gasteiger partial charge on any atom is -0.392 e. The molecule has 1 amide bonds. The van der Waals surface area contributed by atoms with E-state index in [1.807, 2.05) is 86.7 Å². The number of nitrogens with two attached hydrogens (primary N) is 1. The Labute approximate surface area is 177 Å². The quantitative estimate of drug-likeness (QED) is 0.515. The predicted octanol–water partition coefficient (Wildman–Crippen LogP) is 4.71. The summed E-state index contributed by atoms with van der Waals surface area (Å²) in [6.07, 6.45) is 1.75. The number of aromatic nitrogens is 3. The maximum atomic E-state index is 11.4. The summed E-state index contributed by atoms with van der Waals surface area (Å²) in [4.78, 5) is 20.4. The highest BCUT2D eigenvalue weighted by molar-refractivity contribution is 5.91. The molecule has 156 valence electrons. The Morgan fingerprint density at radius 3 is 2.10 bits per heavy atom. The van der Waals surface area contributed by atoms with Gasteiger partial charge in [-0.1, -0.05) is 82.3 Å². The second kappa shape index (κ2) is 10.9. The molecule has 0 saturated heterocycles. The average molecular weight is 405 g/mol. The summed E-state index contributed by atoms with van der Waals surface area (Å²) in [5.74, 6) is -0.188. The van der Waals surface area contributed by atoms with Crippen molar-refractivity contribution >= 4 is 11.7 Å². The van der Waals surface area contributed by atoms with Gasteiger partial charge in [-0.15, -0.1) is 0 Å². The van der Waals surface area contributed by atoms with Crippen LogP contribution in [0.1, 0.15) is 43.7 Å². The lowest BCUT2D eigenvalue weighted by Gasteiger charge is -2.06. The molecule has 6 nitrogen and oxygen atoms in total. The Kier molecular flexibility index (Phi) is 8.26. The van der Waals surface area contributed by atoms with Crippen LogP contribution in [0.15, 0.2) is 66.9 Å². The van der Waals surface area contributed by atoms with E-state index in [1.165, 1.54) is 0 Å². The largest absolute Gasteiger partial charge is 0.392 e. The number of primary amides is 1. The summed E-state index contributed by atoms with van der Waals surface area (Å²) < 4.78 is 1.84. The van der Waals surface area contributed by atoms with Crippen molar-refractivity contribution in [2.75, 3.05) is 0 Å². The minimum atomic E-state index is -0.592. The Bertz CT molecular complexity index is 1090. The average Bonchev–Trinajstić information content (AvgIpc) is 3.21. The van der Waals surface area contributed by atoms with Gasteiger partial charge >= 0.3 is 0 Å². The number of imidazole rings is 1. The van der Waals surface area contributed by atoms with Crippen LogP contribution in [0.4, 0.5) is 0 Å². The van der Waals surface area contributed by atoms with Gasteiger partial charge in [-0.2, -0.15) is 0 Å². The zero-order valence-electron chi connectivity index (χ0n) is 17.8. The van der Waals surface area contributed by atoms with E-state index >= 15 is 0 Å². The van der Waals surface area contributed by atoms with Crippen molar-refractivity contribution in [3.05, 3.63) is 78.1 Å². The summed E-state index contributed by atoms with van der Waals surface area (Å²) in [5, 5.41) is 9.26. The normalized spacial score (nSPS) is 9.90. The van der Waals surface area contributed by atoms with Crippen LogP contribution < -0.4 is 5.73 Å². The highest BCUT2D eigenvalue weighted by atomic mass is 16.3. The van der Waals surface area contributed by atoms with Crippen LogP contribution in [0.2, 0.25) is 0 Å². The monoisotopic (exact) mass is 404 g/mol. The minimum absolute atomic E-state index is 0.0134. The molecular weight excluding hydrogens is 376 g/mol. The van der Waals surface area contributed by atoms with E-state index in [1.54, 1.807) is 12.3 Å². The first-order valence-corrected chi connectivity index (χ1v) is 10.1. The number of carbonyl (C=O) groups is 1. The molecule has 0 fully saturated rings. The number of benzene rings is 2. The standard InChI is InChI=1S/C20H16N4O2.2C2H6/c21-19(26)16-10-11-24-18(15-4-2-1-3-5-15)17(23-20(24)22-16)14-8-6-13(12-25)7-9-14;2*1-2/h1-11,25H,12H2,(H2,21,26);2*1-2H3. The van der Waals surface area contributed by atoms with E-state index in [9.17, 15) is 9.90 Å². The highest BCUT2D eigenvalue weighted by Crippen LogP contribution is 2.32. The molecular formula is C24H28N4O2. The maximum Gasteiger partial charge on any atom is 0.267 e. The zero-order valence-corrected chi connectivity index (χ0v) is 17.8. The predicted molar refractivity (Wildman–Crippen MR) is 121 cm³/mol. The lowest BCUT2D eigenvalue weighted by atomic mass is 10.0. The number of carbonyl (C=O) groups excluding carboxylic acids is 1. The van der Waals surface area contributed by atoms with Gasteiger partial charge in [-0.05, 0) is 11.6 Å². The van der Waals surface area contributed by atoms with Crippen molar-refractivity contribution in [2.45, 2.75) is 34.3 Å². The molecule has 0 aliphatic heterocycles. The fourth-order valence-electron chi connectivity index (χ4n) is 2.91. The molecule has 6 heteroatoms. The number of fused-ring (bicyclic) bond motifs is 1. The van der Waals surface area contributed by atoms with Gasteiger partial charge in [-0.25, -0.2) is 9.97 Å². The molecule has 0 bridgehead atoms. The van der Waals surface area contributed by atoms with Crippen molar-refractivity contribution < 1.29 is 9.90 Å². The van der Waals surface area contributed by atoms with Crippen LogP contribution >= 0.6 is 0 Å². The molecule has 0 unspecified atom stereocenters. The summed E-state index contributed by atoms with van der Waals surface area (Å²) in [6, 6.07) is 19.0. The molecule has 0 aliphatic carbocycles. The van der Waals surface area contributed by atoms with Crippen LogP contribution in [0.5, 0.6) is 0 Å². The molecule has 0 radical (unpaired) electrons. The van der Waals surface area contributed by atoms with Crippen LogP contribution in [-0.4, -0.2) is 25.4 Å². The SMILES string of the molecule is CC.CC.NC(=O)c1ccn2c(-c3ccccc3)c(-c3ccc(CO)cc3)nc2n1. The van der Waals surface area contributed by atoms with E-state index in [0.29, 0.717) is 5.78 Å². The maximum absolute atomic E-state index is 11.4. The summed E-state index contributed by atoms with van der Waals surface area (Å²) in [6.45, 7) is 7.99. The van der Waals surface area contributed by atoms with Gasteiger partial charge in [0.15, 0.2) is 0 Å². The Morgan fingerprint density at radius 1 is 0.900 bits per heavy atom. The molecule has 0 atom stereocenters. The molecule has 2 heterocycles. The highest BCUT2D eigenvalue weighted by Gasteiger charge is 2.17. The van der Waals surface area contributed by atoms with Gasteiger partial charge in [0, 0.05) is 17.3 Å². The smallest absolute Gasteiger partial charge is 0.267 e. The van der Waals surface area contributed by atoms with Gasteiger partial charge in [0.2, 0.25) is 5.78 Å². The van der Waals surface area contributed by atoms with Crippen molar-refractivity contribution in [3.8, 4) is 22.5 Å². The second-order valence-electron chi connectivity index (χ2n) is 5.88. The van der Waals surface area contributed by atoms with Crippen molar-refractivity contribution in [1.82, 2.24) is 14.4 Å². The zero-order chi connectivity index (χ0) is 22.1. The number of hydrogen-bond donors (Lipinski definition) is 2. The molecule has 2 aromatic heterocycles. The van der Waals surface area contributed by atoms with E-state index in [-0.39, 0.29) is 12.3 Å². The molecule has 3 N–H and O–H groups in total. The number of nitrogens with zero attached hydrogens (tertiary/aromatic N) is 3. The van der Waals surface area contributed by atoms with Gasteiger partial charge < -0.3 is 10.8 Å². The van der Waals surface area contributed by atoms with Crippen LogP contribution in [0, 0.1) is 0 Å². The van der Waals surface area contributed by atoms with Crippen molar-refractivity contribution in [2.24, 2.45) is 5.73 Å². The molecule has 4 rings (SSSR count). The number of amides is 1. The third kappa shape index (κ3) is 4.72. The Balaban J connectivity index is 0.000000757. The van der Waals surface area contributed by atoms with Crippen LogP contribution in [-0.2, 0) is 6.61 Å². The number of rotatable bonds is 4.